The van der Waals surface area contributed by atoms with Crippen LogP contribution >= 0.6 is 0 Å². The van der Waals surface area contributed by atoms with E-state index in [1.165, 1.54) is 0 Å². The second-order valence-corrected chi connectivity index (χ2v) is 6.50. The third-order valence-electron chi connectivity index (χ3n) is 4.09. The fourth-order valence-corrected chi connectivity index (χ4v) is 2.62. The Morgan fingerprint density at radius 2 is 1.70 bits per heavy atom. The SMILES string of the molecule is Cc1nc(NC2CC2)cc(C(=O)Nc2ccc(Oc3ccccc3)cc2)n1. The summed E-state index contributed by atoms with van der Waals surface area (Å²) >= 11 is 0. The second-order valence-electron chi connectivity index (χ2n) is 6.50. The molecule has 0 aliphatic heterocycles. The molecule has 4 rings (SSSR count). The van der Waals surface area contributed by atoms with Crippen molar-refractivity contribution in [2.75, 3.05) is 10.6 Å². The highest BCUT2D eigenvalue weighted by Gasteiger charge is 2.22. The highest BCUT2D eigenvalue weighted by Crippen LogP contribution is 2.25. The van der Waals surface area contributed by atoms with Crippen LogP contribution in [0, 0.1) is 6.92 Å². The van der Waals surface area contributed by atoms with Crippen molar-refractivity contribution in [2.45, 2.75) is 25.8 Å². The standard InChI is InChI=1S/C21H20N4O2/c1-14-22-19(13-20(23-14)24-15-7-8-15)21(26)25-16-9-11-18(12-10-16)27-17-5-3-2-4-6-17/h2-6,9-13,15H,7-8H2,1H3,(H,25,26)(H,22,23,24). The first-order valence-corrected chi connectivity index (χ1v) is 8.92. The Bertz CT molecular complexity index is 938. The number of anilines is 2. The van der Waals surface area contributed by atoms with Crippen LogP contribution in [0.4, 0.5) is 11.5 Å². The number of aryl methyl sites for hydroxylation is 1. The summed E-state index contributed by atoms with van der Waals surface area (Å²) in [5.41, 5.74) is 1.02. The first kappa shape index (κ1) is 17.0. The summed E-state index contributed by atoms with van der Waals surface area (Å²) in [4.78, 5) is 21.1. The topological polar surface area (TPSA) is 76.1 Å². The van der Waals surface area contributed by atoms with Crippen molar-refractivity contribution in [3.63, 3.8) is 0 Å². The molecular formula is C21H20N4O2. The fourth-order valence-electron chi connectivity index (χ4n) is 2.62. The minimum absolute atomic E-state index is 0.268. The molecule has 2 aromatic carbocycles. The summed E-state index contributed by atoms with van der Waals surface area (Å²) in [6, 6.07) is 18.9. The lowest BCUT2D eigenvalue weighted by Crippen LogP contribution is -2.16. The smallest absolute Gasteiger partial charge is 0.274 e. The van der Waals surface area contributed by atoms with Gasteiger partial charge in [-0.3, -0.25) is 4.79 Å². The Hall–Kier alpha value is -3.41. The van der Waals surface area contributed by atoms with Crippen LogP contribution in [-0.2, 0) is 0 Å². The molecule has 1 saturated carbocycles. The van der Waals surface area contributed by atoms with Crippen LogP contribution in [0.5, 0.6) is 11.5 Å². The van der Waals surface area contributed by atoms with Crippen molar-refractivity contribution in [3.05, 3.63) is 72.2 Å². The van der Waals surface area contributed by atoms with Crippen molar-refractivity contribution in [3.8, 4) is 11.5 Å². The minimum atomic E-state index is -0.268. The molecule has 27 heavy (non-hydrogen) atoms. The predicted octanol–water partition coefficient (Wildman–Crippen LogP) is 4.40. The highest BCUT2D eigenvalue weighted by atomic mass is 16.5. The number of amides is 1. The summed E-state index contributed by atoms with van der Waals surface area (Å²) in [5, 5.41) is 6.16. The van der Waals surface area contributed by atoms with Gasteiger partial charge in [-0.05, 0) is 56.2 Å². The van der Waals surface area contributed by atoms with E-state index < -0.39 is 0 Å². The van der Waals surface area contributed by atoms with Crippen molar-refractivity contribution < 1.29 is 9.53 Å². The van der Waals surface area contributed by atoms with Crippen molar-refractivity contribution in [1.82, 2.24) is 9.97 Å². The summed E-state index contributed by atoms with van der Waals surface area (Å²) in [6.45, 7) is 1.78. The van der Waals surface area contributed by atoms with Gasteiger partial charge in [0.05, 0.1) is 0 Å². The summed E-state index contributed by atoms with van der Waals surface area (Å²) in [5.74, 6) is 2.46. The number of para-hydroxylation sites is 1. The molecule has 0 unspecified atom stereocenters. The Kier molecular flexibility index (Phi) is 4.70. The zero-order chi connectivity index (χ0) is 18.6. The average Bonchev–Trinajstić information content (AvgIpc) is 3.48. The van der Waals surface area contributed by atoms with E-state index >= 15 is 0 Å². The maximum atomic E-state index is 12.5. The van der Waals surface area contributed by atoms with Gasteiger partial charge in [0.2, 0.25) is 0 Å². The van der Waals surface area contributed by atoms with Gasteiger partial charge in [0.1, 0.15) is 28.8 Å². The van der Waals surface area contributed by atoms with Gasteiger partial charge in [-0.15, -0.1) is 0 Å². The van der Waals surface area contributed by atoms with E-state index in [4.69, 9.17) is 4.74 Å². The Morgan fingerprint density at radius 1 is 1.00 bits per heavy atom. The molecule has 6 nitrogen and oxygen atoms in total. The Balaban J connectivity index is 1.42. The maximum Gasteiger partial charge on any atom is 0.274 e. The van der Waals surface area contributed by atoms with Gasteiger partial charge in [-0.2, -0.15) is 0 Å². The van der Waals surface area contributed by atoms with Crippen molar-refractivity contribution in [1.29, 1.82) is 0 Å². The van der Waals surface area contributed by atoms with E-state index in [1.807, 2.05) is 42.5 Å². The van der Waals surface area contributed by atoms with Gasteiger partial charge >= 0.3 is 0 Å². The van der Waals surface area contributed by atoms with Gasteiger partial charge in [0.25, 0.3) is 5.91 Å². The highest BCUT2D eigenvalue weighted by molar-refractivity contribution is 6.03. The van der Waals surface area contributed by atoms with Crippen LogP contribution in [0.25, 0.3) is 0 Å². The molecule has 1 aromatic heterocycles. The predicted molar refractivity (Wildman–Crippen MR) is 104 cm³/mol. The number of hydrogen-bond acceptors (Lipinski definition) is 5. The Labute approximate surface area is 157 Å². The number of nitrogens with one attached hydrogen (secondary N) is 2. The molecule has 0 saturated heterocycles. The second kappa shape index (κ2) is 7.45. The van der Waals surface area contributed by atoms with E-state index in [-0.39, 0.29) is 5.91 Å². The third kappa shape index (κ3) is 4.61. The lowest BCUT2D eigenvalue weighted by Gasteiger charge is -2.09. The molecule has 1 fully saturated rings. The lowest BCUT2D eigenvalue weighted by atomic mass is 10.2. The van der Waals surface area contributed by atoms with Gasteiger partial charge < -0.3 is 15.4 Å². The molecule has 1 amide bonds. The van der Waals surface area contributed by atoms with Crippen molar-refractivity contribution >= 4 is 17.4 Å². The van der Waals surface area contributed by atoms with Crippen LogP contribution < -0.4 is 15.4 Å². The number of ether oxygens (including phenoxy) is 1. The largest absolute Gasteiger partial charge is 0.457 e. The van der Waals surface area contributed by atoms with Crippen LogP contribution in [0.2, 0.25) is 0 Å². The normalized spacial score (nSPS) is 13.1. The molecular weight excluding hydrogens is 340 g/mol. The average molecular weight is 360 g/mol. The van der Waals surface area contributed by atoms with E-state index in [0.717, 1.165) is 18.6 Å². The molecule has 0 bridgehead atoms. The van der Waals surface area contributed by atoms with E-state index in [0.29, 0.717) is 34.8 Å². The Morgan fingerprint density at radius 3 is 2.41 bits per heavy atom. The molecule has 6 heteroatoms. The molecule has 0 radical (unpaired) electrons. The number of carbonyl (C=O) groups excluding carboxylic acids is 1. The number of hydrogen-bond donors (Lipinski definition) is 2. The number of benzene rings is 2. The van der Waals surface area contributed by atoms with Gasteiger partial charge in [-0.25, -0.2) is 9.97 Å². The number of aromatic nitrogens is 2. The molecule has 1 heterocycles. The van der Waals surface area contributed by atoms with E-state index in [1.54, 1.807) is 25.1 Å². The number of rotatable bonds is 6. The molecule has 0 atom stereocenters. The number of nitrogens with zero attached hydrogens (tertiary/aromatic N) is 2. The van der Waals surface area contributed by atoms with Gasteiger partial charge in [0, 0.05) is 17.8 Å². The first-order valence-electron chi connectivity index (χ1n) is 8.92. The third-order valence-corrected chi connectivity index (χ3v) is 4.09. The van der Waals surface area contributed by atoms with E-state index in [2.05, 4.69) is 20.6 Å². The molecule has 1 aliphatic carbocycles. The number of carbonyl (C=O) groups is 1. The van der Waals surface area contributed by atoms with Gasteiger partial charge in [0.15, 0.2) is 0 Å². The van der Waals surface area contributed by atoms with Crippen LogP contribution in [-0.4, -0.2) is 21.9 Å². The zero-order valence-corrected chi connectivity index (χ0v) is 15.0. The molecule has 1 aliphatic rings. The summed E-state index contributed by atoms with van der Waals surface area (Å²) in [7, 11) is 0. The zero-order valence-electron chi connectivity index (χ0n) is 15.0. The van der Waals surface area contributed by atoms with Crippen molar-refractivity contribution in [2.24, 2.45) is 0 Å². The molecule has 3 aromatic rings. The summed E-state index contributed by atoms with van der Waals surface area (Å²) < 4.78 is 5.76. The first-order chi connectivity index (χ1) is 13.2. The quantitative estimate of drug-likeness (QED) is 0.681. The lowest BCUT2D eigenvalue weighted by molar-refractivity contribution is 0.102. The molecule has 0 spiro atoms. The molecule has 2 N–H and O–H groups in total. The molecule has 136 valence electrons. The minimum Gasteiger partial charge on any atom is -0.457 e. The van der Waals surface area contributed by atoms with Crippen LogP contribution in [0.1, 0.15) is 29.2 Å². The van der Waals surface area contributed by atoms with E-state index in [9.17, 15) is 4.79 Å². The summed E-state index contributed by atoms with van der Waals surface area (Å²) in [6.07, 6.45) is 2.28. The monoisotopic (exact) mass is 360 g/mol. The fraction of sp³-hybridized carbons (Fsp3) is 0.190. The van der Waals surface area contributed by atoms with Crippen LogP contribution in [0.3, 0.4) is 0 Å². The van der Waals surface area contributed by atoms with Crippen LogP contribution in [0.15, 0.2) is 60.7 Å². The maximum absolute atomic E-state index is 12.5. The van der Waals surface area contributed by atoms with Gasteiger partial charge in [-0.1, -0.05) is 18.2 Å².